The van der Waals surface area contributed by atoms with E-state index in [9.17, 15) is 9.90 Å². The Hall–Kier alpha value is -0.830. The molecule has 0 radical (unpaired) electrons. The second-order valence-electron chi connectivity index (χ2n) is 3.83. The van der Waals surface area contributed by atoms with E-state index < -0.39 is 18.0 Å². The average Bonchev–Trinajstić information content (AvgIpc) is 2.03. The molecule has 0 bridgehead atoms. The van der Waals surface area contributed by atoms with Crippen molar-refractivity contribution in [1.82, 2.24) is 0 Å². The first-order chi connectivity index (χ1) is 6.02. The number of carboxylic acid groups (broad SMARTS) is 1. The molecule has 3 heteroatoms. The van der Waals surface area contributed by atoms with Crippen molar-refractivity contribution >= 4 is 5.97 Å². The minimum absolute atomic E-state index is 0.124. The van der Waals surface area contributed by atoms with Gasteiger partial charge in [0.05, 0.1) is 12.0 Å². The van der Waals surface area contributed by atoms with Crippen molar-refractivity contribution in [2.75, 3.05) is 0 Å². The summed E-state index contributed by atoms with van der Waals surface area (Å²) in [5.41, 5.74) is 1.15. The summed E-state index contributed by atoms with van der Waals surface area (Å²) < 4.78 is 0. The summed E-state index contributed by atoms with van der Waals surface area (Å²) in [7, 11) is 0. The summed E-state index contributed by atoms with van der Waals surface area (Å²) in [4.78, 5) is 10.7. The summed E-state index contributed by atoms with van der Waals surface area (Å²) in [5.74, 6) is -1.41. The predicted octanol–water partition coefficient (Wildman–Crippen LogP) is 1.42. The normalized spacial score (nSPS) is 30.8. The molecule has 0 saturated heterocycles. The van der Waals surface area contributed by atoms with Gasteiger partial charge in [0.15, 0.2) is 0 Å². The van der Waals surface area contributed by atoms with Gasteiger partial charge in [0, 0.05) is 5.92 Å². The van der Waals surface area contributed by atoms with E-state index in [4.69, 9.17) is 5.11 Å². The van der Waals surface area contributed by atoms with E-state index in [0.29, 0.717) is 0 Å². The zero-order valence-electron chi connectivity index (χ0n) is 8.03. The van der Waals surface area contributed by atoms with Crippen LogP contribution in [0.3, 0.4) is 0 Å². The van der Waals surface area contributed by atoms with Crippen LogP contribution in [0.15, 0.2) is 11.6 Å². The van der Waals surface area contributed by atoms with E-state index in [1.807, 2.05) is 6.92 Å². The van der Waals surface area contributed by atoms with Gasteiger partial charge in [-0.1, -0.05) is 18.6 Å². The number of allylic oxidation sites excluding steroid dienone is 1. The summed E-state index contributed by atoms with van der Waals surface area (Å²) in [6, 6.07) is 0. The van der Waals surface area contributed by atoms with Crippen molar-refractivity contribution in [3.63, 3.8) is 0 Å². The monoisotopic (exact) mass is 184 g/mol. The highest BCUT2D eigenvalue weighted by molar-refractivity contribution is 5.70. The highest BCUT2D eigenvalue weighted by Gasteiger charge is 2.30. The molecular formula is C10H16O3. The van der Waals surface area contributed by atoms with Gasteiger partial charge >= 0.3 is 5.97 Å². The lowest BCUT2D eigenvalue weighted by Gasteiger charge is -2.28. The fourth-order valence-corrected chi connectivity index (χ4v) is 1.79. The molecule has 1 rings (SSSR count). The SMILES string of the molecule is CC1=CC(O)C(C(C)C(=O)O)CC1. The lowest BCUT2D eigenvalue weighted by molar-refractivity contribution is -0.144. The maximum atomic E-state index is 10.7. The molecule has 0 aromatic carbocycles. The molecule has 1 aliphatic rings. The summed E-state index contributed by atoms with van der Waals surface area (Å²) in [5, 5.41) is 18.4. The summed E-state index contributed by atoms with van der Waals surface area (Å²) >= 11 is 0. The number of hydrogen-bond acceptors (Lipinski definition) is 2. The van der Waals surface area contributed by atoms with Gasteiger partial charge in [-0.3, -0.25) is 4.79 Å². The first-order valence-electron chi connectivity index (χ1n) is 4.60. The lowest BCUT2D eigenvalue weighted by atomic mass is 9.80. The van der Waals surface area contributed by atoms with E-state index in [2.05, 4.69) is 0 Å². The van der Waals surface area contributed by atoms with Crippen molar-refractivity contribution in [3.8, 4) is 0 Å². The van der Waals surface area contributed by atoms with E-state index in [1.54, 1.807) is 13.0 Å². The van der Waals surface area contributed by atoms with E-state index in [0.717, 1.165) is 18.4 Å². The number of hydrogen-bond donors (Lipinski definition) is 2. The molecule has 0 aliphatic heterocycles. The molecule has 0 spiro atoms. The van der Waals surface area contributed by atoms with Gasteiger partial charge in [0.2, 0.25) is 0 Å². The van der Waals surface area contributed by atoms with E-state index in [-0.39, 0.29) is 5.92 Å². The molecule has 0 fully saturated rings. The van der Waals surface area contributed by atoms with Crippen LogP contribution in [-0.2, 0) is 4.79 Å². The molecule has 2 N–H and O–H groups in total. The molecular weight excluding hydrogens is 168 g/mol. The second kappa shape index (κ2) is 3.92. The predicted molar refractivity (Wildman–Crippen MR) is 49.3 cm³/mol. The zero-order chi connectivity index (χ0) is 10.0. The first-order valence-corrected chi connectivity index (χ1v) is 4.60. The Labute approximate surface area is 78.1 Å². The van der Waals surface area contributed by atoms with Crippen LogP contribution in [0, 0.1) is 11.8 Å². The Morgan fingerprint density at radius 3 is 2.77 bits per heavy atom. The molecule has 0 aromatic heterocycles. The number of carboxylic acids is 1. The van der Waals surface area contributed by atoms with Crippen molar-refractivity contribution in [3.05, 3.63) is 11.6 Å². The molecule has 3 unspecified atom stereocenters. The van der Waals surface area contributed by atoms with Crippen molar-refractivity contribution < 1.29 is 15.0 Å². The molecule has 1 aliphatic carbocycles. The number of aliphatic hydroxyl groups is 1. The fourth-order valence-electron chi connectivity index (χ4n) is 1.79. The maximum Gasteiger partial charge on any atom is 0.306 e. The van der Waals surface area contributed by atoms with Crippen LogP contribution in [-0.4, -0.2) is 22.3 Å². The fraction of sp³-hybridized carbons (Fsp3) is 0.700. The Kier molecular flexibility index (Phi) is 3.09. The lowest BCUT2D eigenvalue weighted by Crippen LogP contribution is -2.32. The van der Waals surface area contributed by atoms with Crippen LogP contribution < -0.4 is 0 Å². The Balaban J connectivity index is 2.68. The largest absolute Gasteiger partial charge is 0.481 e. The molecule has 74 valence electrons. The Bertz CT molecular complexity index is 232. The third-order valence-corrected chi connectivity index (χ3v) is 2.80. The second-order valence-corrected chi connectivity index (χ2v) is 3.83. The zero-order valence-corrected chi connectivity index (χ0v) is 8.03. The first kappa shape index (κ1) is 10.3. The molecule has 3 atom stereocenters. The van der Waals surface area contributed by atoms with Gasteiger partial charge in [-0.15, -0.1) is 0 Å². The summed E-state index contributed by atoms with van der Waals surface area (Å²) in [6.07, 6.45) is 2.86. The van der Waals surface area contributed by atoms with Crippen LogP contribution in [0.5, 0.6) is 0 Å². The van der Waals surface area contributed by atoms with Crippen molar-refractivity contribution in [2.24, 2.45) is 11.8 Å². The maximum absolute atomic E-state index is 10.7. The number of rotatable bonds is 2. The van der Waals surface area contributed by atoms with Gasteiger partial charge in [-0.2, -0.15) is 0 Å². The van der Waals surface area contributed by atoms with Gasteiger partial charge in [-0.25, -0.2) is 0 Å². The molecule has 0 heterocycles. The van der Waals surface area contributed by atoms with Gasteiger partial charge in [0.25, 0.3) is 0 Å². The topological polar surface area (TPSA) is 57.5 Å². The van der Waals surface area contributed by atoms with Crippen LogP contribution in [0.2, 0.25) is 0 Å². The molecule has 0 aromatic rings. The number of carbonyl (C=O) groups is 1. The number of aliphatic carboxylic acids is 1. The van der Waals surface area contributed by atoms with Crippen LogP contribution in [0.4, 0.5) is 0 Å². The van der Waals surface area contributed by atoms with Gasteiger partial charge in [0.1, 0.15) is 0 Å². The van der Waals surface area contributed by atoms with Crippen LogP contribution in [0.1, 0.15) is 26.7 Å². The van der Waals surface area contributed by atoms with E-state index >= 15 is 0 Å². The number of aliphatic hydroxyl groups excluding tert-OH is 1. The molecule has 0 amide bonds. The Morgan fingerprint density at radius 2 is 2.31 bits per heavy atom. The van der Waals surface area contributed by atoms with Crippen molar-refractivity contribution in [1.29, 1.82) is 0 Å². The van der Waals surface area contributed by atoms with E-state index in [1.165, 1.54) is 0 Å². The Morgan fingerprint density at radius 1 is 1.69 bits per heavy atom. The van der Waals surface area contributed by atoms with Gasteiger partial charge in [-0.05, 0) is 19.8 Å². The van der Waals surface area contributed by atoms with Crippen LogP contribution >= 0.6 is 0 Å². The highest BCUT2D eigenvalue weighted by atomic mass is 16.4. The smallest absolute Gasteiger partial charge is 0.306 e. The molecule has 0 saturated carbocycles. The average molecular weight is 184 g/mol. The molecule has 3 nitrogen and oxygen atoms in total. The quantitative estimate of drug-likeness (QED) is 0.638. The van der Waals surface area contributed by atoms with Crippen molar-refractivity contribution in [2.45, 2.75) is 32.8 Å². The minimum atomic E-state index is -0.822. The van der Waals surface area contributed by atoms with Crippen LogP contribution in [0.25, 0.3) is 0 Å². The third-order valence-electron chi connectivity index (χ3n) is 2.80. The van der Waals surface area contributed by atoms with Gasteiger partial charge < -0.3 is 10.2 Å². The molecule has 13 heavy (non-hydrogen) atoms. The summed E-state index contributed by atoms with van der Waals surface area (Å²) in [6.45, 7) is 3.62. The minimum Gasteiger partial charge on any atom is -0.481 e. The standard InChI is InChI=1S/C10H16O3/c1-6-3-4-8(9(11)5-6)7(2)10(12)13/h5,7-9,11H,3-4H2,1-2H3,(H,12,13). The highest BCUT2D eigenvalue weighted by Crippen LogP contribution is 2.29. The third kappa shape index (κ3) is 2.31.